The zero-order chi connectivity index (χ0) is 20.1. The molecule has 0 saturated heterocycles. The van der Waals surface area contributed by atoms with Gasteiger partial charge in [-0.2, -0.15) is 0 Å². The molecule has 0 radical (unpaired) electrons. The van der Waals surface area contributed by atoms with E-state index in [0.717, 1.165) is 41.6 Å². The lowest BCUT2D eigenvalue weighted by Crippen LogP contribution is -2.53. The van der Waals surface area contributed by atoms with Crippen molar-refractivity contribution in [3.63, 3.8) is 0 Å². The predicted molar refractivity (Wildman–Crippen MR) is 119 cm³/mol. The Kier molecular flexibility index (Phi) is 5.51. The zero-order valence-corrected chi connectivity index (χ0v) is 19.0. The molecule has 1 N–H and O–H groups in total. The van der Waals surface area contributed by atoms with E-state index in [1.165, 1.54) is 64.2 Å². The molecule has 0 aromatic carbocycles. The topological polar surface area (TPSA) is 20.2 Å². The van der Waals surface area contributed by atoms with Crippen molar-refractivity contribution in [2.75, 3.05) is 0 Å². The van der Waals surface area contributed by atoms with Crippen LogP contribution in [0.4, 0.5) is 0 Å². The molecule has 0 aliphatic heterocycles. The van der Waals surface area contributed by atoms with E-state index in [0.29, 0.717) is 22.5 Å². The van der Waals surface area contributed by atoms with Crippen LogP contribution < -0.4 is 0 Å². The summed E-state index contributed by atoms with van der Waals surface area (Å²) in [5.41, 5.74) is 1.98. The van der Waals surface area contributed by atoms with E-state index < -0.39 is 0 Å². The fraction of sp³-hybridized carbons (Fsp3) is 0.852. The number of rotatable bonds is 4. The number of aliphatic hydroxyl groups is 1. The van der Waals surface area contributed by atoms with Crippen LogP contribution in [0.1, 0.15) is 98.3 Å². The van der Waals surface area contributed by atoms with Crippen LogP contribution in [0.3, 0.4) is 0 Å². The third-order valence-corrected chi connectivity index (χ3v) is 10.5. The maximum absolute atomic E-state index is 10.1. The van der Waals surface area contributed by atoms with Crippen LogP contribution in [-0.4, -0.2) is 5.11 Å². The lowest BCUT2D eigenvalue weighted by molar-refractivity contribution is -0.114. The molecule has 4 rings (SSSR count). The van der Waals surface area contributed by atoms with Crippen LogP contribution in [0.5, 0.6) is 0 Å². The third-order valence-electron chi connectivity index (χ3n) is 10.5. The van der Waals surface area contributed by atoms with Crippen LogP contribution in [0.15, 0.2) is 24.0 Å². The van der Waals surface area contributed by atoms with Crippen LogP contribution in [0.25, 0.3) is 0 Å². The van der Waals surface area contributed by atoms with Crippen molar-refractivity contribution in [3.05, 3.63) is 24.0 Å². The van der Waals surface area contributed by atoms with E-state index in [-0.39, 0.29) is 0 Å². The molecule has 28 heavy (non-hydrogen) atoms. The average Bonchev–Trinajstić information content (AvgIpc) is 3.02. The van der Waals surface area contributed by atoms with Gasteiger partial charge in [-0.25, -0.2) is 0 Å². The molecule has 0 bridgehead atoms. The van der Waals surface area contributed by atoms with E-state index in [4.69, 9.17) is 0 Å². The van der Waals surface area contributed by atoms with Crippen molar-refractivity contribution < 1.29 is 5.11 Å². The average molecular weight is 385 g/mol. The normalized spacial score (nSPS) is 47.0. The van der Waals surface area contributed by atoms with E-state index in [9.17, 15) is 5.11 Å². The Hall–Kier alpha value is -0.720. The van der Waals surface area contributed by atoms with E-state index >= 15 is 0 Å². The van der Waals surface area contributed by atoms with Crippen LogP contribution in [0, 0.1) is 46.3 Å². The summed E-state index contributed by atoms with van der Waals surface area (Å²) < 4.78 is 0. The van der Waals surface area contributed by atoms with Gasteiger partial charge in [0.25, 0.3) is 0 Å². The molecule has 4 saturated carbocycles. The molecule has 1 nitrogen and oxygen atoms in total. The highest BCUT2D eigenvalue weighted by Gasteiger charge is 2.59. The van der Waals surface area contributed by atoms with E-state index in [1.807, 2.05) is 13.0 Å². The number of hydrogen-bond acceptors (Lipinski definition) is 1. The fourth-order valence-corrected chi connectivity index (χ4v) is 8.91. The van der Waals surface area contributed by atoms with E-state index in [1.54, 1.807) is 0 Å². The monoisotopic (exact) mass is 384 g/mol. The minimum Gasteiger partial charge on any atom is -0.508 e. The van der Waals surface area contributed by atoms with Crippen LogP contribution >= 0.6 is 0 Å². The summed E-state index contributed by atoms with van der Waals surface area (Å²) in [5.74, 6) is 5.87. The molecule has 1 heteroatoms. The summed E-state index contributed by atoms with van der Waals surface area (Å²) in [6.07, 6.45) is 17.9. The summed E-state index contributed by atoms with van der Waals surface area (Å²) in [5, 5.41) is 10.1. The molecule has 4 fully saturated rings. The second-order valence-corrected chi connectivity index (χ2v) is 11.7. The van der Waals surface area contributed by atoms with Gasteiger partial charge < -0.3 is 5.11 Å². The summed E-state index contributed by atoms with van der Waals surface area (Å²) in [7, 11) is 0. The highest BCUT2D eigenvalue weighted by Crippen LogP contribution is 2.68. The van der Waals surface area contributed by atoms with Crippen LogP contribution in [-0.2, 0) is 0 Å². The summed E-state index contributed by atoms with van der Waals surface area (Å²) >= 11 is 0. The van der Waals surface area contributed by atoms with Crippen molar-refractivity contribution in [3.8, 4) is 0 Å². The number of aliphatic hydroxyl groups excluding tert-OH is 1. The number of allylic oxidation sites excluding steroid dienone is 2. The first kappa shape index (κ1) is 20.5. The Morgan fingerprint density at radius 2 is 1.75 bits per heavy atom. The molecule has 4 aliphatic carbocycles. The van der Waals surface area contributed by atoms with Crippen molar-refractivity contribution in [2.24, 2.45) is 46.3 Å². The molecule has 4 aliphatic rings. The lowest BCUT2D eigenvalue weighted by atomic mass is 9.44. The molecule has 8 atom stereocenters. The lowest BCUT2D eigenvalue weighted by Gasteiger charge is -2.61. The first-order valence-corrected chi connectivity index (χ1v) is 12.3. The summed E-state index contributed by atoms with van der Waals surface area (Å²) in [6.45, 7) is 13.6. The van der Waals surface area contributed by atoms with Gasteiger partial charge in [0.2, 0.25) is 0 Å². The molecular weight excluding hydrogens is 340 g/mol. The first-order valence-electron chi connectivity index (χ1n) is 12.3. The number of fused-ring (bicyclic) bond motifs is 5. The minimum atomic E-state index is 0.402. The van der Waals surface area contributed by atoms with Crippen molar-refractivity contribution >= 4 is 0 Å². The van der Waals surface area contributed by atoms with Gasteiger partial charge in [-0.1, -0.05) is 40.2 Å². The maximum atomic E-state index is 10.1. The van der Waals surface area contributed by atoms with Gasteiger partial charge >= 0.3 is 0 Å². The smallest absolute Gasteiger partial charge is 0.113 e. The second kappa shape index (κ2) is 7.51. The second-order valence-electron chi connectivity index (χ2n) is 11.7. The standard InChI is InChI=1S/C27H44O/c1-18(2)25(28)14-9-19(3)22-12-13-23-21-11-10-20-8-6-7-16-26(20,4)24(21)15-17-27(22,23)5/h14,19-24,28H,1,6-13,15-17H2,2-5H3/t19-,20?,21+,22-,23+,24+,26+,27-/m1/s1. The molecule has 0 amide bonds. The van der Waals surface area contributed by atoms with Crippen molar-refractivity contribution in [2.45, 2.75) is 98.3 Å². The Bertz CT molecular complexity index is 632. The molecule has 0 spiro atoms. The summed E-state index contributed by atoms with van der Waals surface area (Å²) in [4.78, 5) is 0. The Labute approximate surface area is 174 Å². The van der Waals surface area contributed by atoms with Gasteiger partial charge in [0.1, 0.15) is 5.76 Å². The quantitative estimate of drug-likeness (QED) is 0.383. The predicted octanol–water partition coefficient (Wildman–Crippen LogP) is 8.08. The maximum Gasteiger partial charge on any atom is 0.113 e. The molecule has 0 aromatic rings. The zero-order valence-electron chi connectivity index (χ0n) is 19.0. The van der Waals surface area contributed by atoms with Gasteiger partial charge in [0.05, 0.1) is 0 Å². The van der Waals surface area contributed by atoms with Crippen LogP contribution in [0.2, 0.25) is 0 Å². The molecule has 158 valence electrons. The highest BCUT2D eigenvalue weighted by molar-refractivity contribution is 5.18. The first-order chi connectivity index (χ1) is 13.3. The minimum absolute atomic E-state index is 0.402. The Morgan fingerprint density at radius 1 is 1.00 bits per heavy atom. The largest absolute Gasteiger partial charge is 0.508 e. The third kappa shape index (κ3) is 3.20. The highest BCUT2D eigenvalue weighted by atomic mass is 16.3. The molecule has 0 aromatic heterocycles. The fourth-order valence-electron chi connectivity index (χ4n) is 8.91. The van der Waals surface area contributed by atoms with Gasteiger partial charge in [-0.15, -0.1) is 0 Å². The Morgan fingerprint density at radius 3 is 2.50 bits per heavy atom. The van der Waals surface area contributed by atoms with Crippen molar-refractivity contribution in [1.82, 2.24) is 0 Å². The number of hydrogen-bond donors (Lipinski definition) is 1. The van der Waals surface area contributed by atoms with Gasteiger partial charge in [-0.3, -0.25) is 0 Å². The SMILES string of the molecule is C=C(C)C(O)=CC[C@@H](C)[C@H]1CC[C@H]2[C@@H]3CCC4CCCC[C@]4(C)[C@H]3CC[C@]12C. The van der Waals surface area contributed by atoms with E-state index in [2.05, 4.69) is 27.4 Å². The molecule has 0 heterocycles. The van der Waals surface area contributed by atoms with Gasteiger partial charge in [0, 0.05) is 0 Å². The molecular formula is C27H44O. The van der Waals surface area contributed by atoms with Gasteiger partial charge in [0.15, 0.2) is 0 Å². The Balaban J connectivity index is 1.50. The van der Waals surface area contributed by atoms with Crippen molar-refractivity contribution in [1.29, 1.82) is 0 Å². The van der Waals surface area contributed by atoms with Gasteiger partial charge in [-0.05, 0) is 123 Å². The molecule has 1 unspecified atom stereocenters. The summed E-state index contributed by atoms with van der Waals surface area (Å²) in [6, 6.07) is 0.